The molecule has 1 aliphatic rings. The Kier molecular flexibility index (Phi) is 7.59. The largest absolute Gasteiger partial charge is 0.497 e. The molecule has 1 fully saturated rings. The molecule has 0 atom stereocenters. The number of nitrogens with zero attached hydrogens (tertiary/aromatic N) is 3. The zero-order valence-electron chi connectivity index (χ0n) is 20.3. The van der Waals surface area contributed by atoms with Crippen LogP contribution in [0, 0.1) is 5.92 Å². The molecule has 1 amide bonds. The van der Waals surface area contributed by atoms with Crippen LogP contribution in [0.4, 0.5) is 0 Å². The molecule has 0 bridgehead atoms. The fraction of sp³-hybridized carbons (Fsp3) is 0.385. The highest BCUT2D eigenvalue weighted by atomic mass is 32.2. The van der Waals surface area contributed by atoms with Crippen LogP contribution in [-0.4, -0.2) is 43.4 Å². The average molecular weight is 514 g/mol. The van der Waals surface area contributed by atoms with Gasteiger partial charge in [0.2, 0.25) is 10.0 Å². The lowest BCUT2D eigenvalue weighted by atomic mass is 9.98. The first-order valence-electron chi connectivity index (χ1n) is 11.7. The first kappa shape index (κ1) is 25.3. The molecule has 0 N–H and O–H groups in total. The number of rotatable bonds is 7. The summed E-state index contributed by atoms with van der Waals surface area (Å²) < 4.78 is 35.7. The van der Waals surface area contributed by atoms with E-state index in [0.29, 0.717) is 35.9 Å². The van der Waals surface area contributed by atoms with Gasteiger partial charge in [0.15, 0.2) is 4.80 Å². The summed E-state index contributed by atoms with van der Waals surface area (Å²) in [5.74, 6) is 0.520. The van der Waals surface area contributed by atoms with Gasteiger partial charge in [0.05, 0.1) is 22.2 Å². The van der Waals surface area contributed by atoms with E-state index < -0.39 is 10.0 Å². The van der Waals surface area contributed by atoms with Gasteiger partial charge in [-0.1, -0.05) is 37.3 Å². The van der Waals surface area contributed by atoms with E-state index in [0.717, 1.165) is 10.2 Å². The number of methoxy groups -OCH3 is 1. The van der Waals surface area contributed by atoms with Gasteiger partial charge in [-0.2, -0.15) is 9.30 Å². The summed E-state index contributed by atoms with van der Waals surface area (Å²) in [6.07, 6.45) is 2.69. The normalized spacial score (nSPS) is 16.2. The van der Waals surface area contributed by atoms with Crippen molar-refractivity contribution in [2.45, 2.75) is 44.0 Å². The molecule has 0 spiro atoms. The third kappa shape index (κ3) is 5.27. The summed E-state index contributed by atoms with van der Waals surface area (Å²) in [5.41, 5.74) is 2.28. The Morgan fingerprint density at radius 1 is 1.20 bits per heavy atom. The Morgan fingerprint density at radius 3 is 2.49 bits per heavy atom. The first-order chi connectivity index (χ1) is 16.7. The molecule has 7 nitrogen and oxygen atoms in total. The lowest BCUT2D eigenvalue weighted by Gasteiger charge is -2.29. The Hall–Kier alpha value is -2.75. The molecule has 2 aromatic carbocycles. The maximum atomic E-state index is 13.1. The molecule has 1 aliphatic heterocycles. The number of piperidine rings is 1. The molecule has 3 aromatic rings. The zero-order chi connectivity index (χ0) is 25.2. The molecular weight excluding hydrogens is 482 g/mol. The highest BCUT2D eigenvalue weighted by Gasteiger charge is 2.32. The van der Waals surface area contributed by atoms with E-state index in [2.05, 4.69) is 43.6 Å². The number of fused-ring (bicyclic) bond motifs is 1. The highest BCUT2D eigenvalue weighted by Crippen LogP contribution is 2.27. The van der Waals surface area contributed by atoms with Gasteiger partial charge < -0.3 is 9.30 Å². The predicted octanol–water partition coefficient (Wildman–Crippen LogP) is 4.55. The van der Waals surface area contributed by atoms with Crippen molar-refractivity contribution in [1.82, 2.24) is 8.87 Å². The van der Waals surface area contributed by atoms with Crippen LogP contribution in [0.5, 0.6) is 5.75 Å². The third-order valence-electron chi connectivity index (χ3n) is 6.39. The first-order valence-corrected chi connectivity index (χ1v) is 14.0. The summed E-state index contributed by atoms with van der Waals surface area (Å²) >= 11 is 1.50. The predicted molar refractivity (Wildman–Crippen MR) is 139 cm³/mol. The van der Waals surface area contributed by atoms with Crippen molar-refractivity contribution in [3.63, 3.8) is 0 Å². The molecule has 0 radical (unpaired) electrons. The average Bonchev–Trinajstić information content (AvgIpc) is 3.20. The van der Waals surface area contributed by atoms with Gasteiger partial charge in [-0.3, -0.25) is 4.79 Å². The zero-order valence-corrected chi connectivity index (χ0v) is 21.9. The van der Waals surface area contributed by atoms with Crippen molar-refractivity contribution in [2.24, 2.45) is 10.9 Å². The molecule has 35 heavy (non-hydrogen) atoms. The van der Waals surface area contributed by atoms with E-state index in [-0.39, 0.29) is 29.8 Å². The van der Waals surface area contributed by atoms with E-state index in [9.17, 15) is 13.2 Å². The maximum absolute atomic E-state index is 13.1. The lowest BCUT2D eigenvalue weighted by Crippen LogP contribution is -2.40. The van der Waals surface area contributed by atoms with Gasteiger partial charge in [-0.15, -0.1) is 6.58 Å². The number of ether oxygens (including phenoxy) is 1. The lowest BCUT2D eigenvalue weighted by molar-refractivity contribution is -0.122. The van der Waals surface area contributed by atoms with Crippen LogP contribution in [0.3, 0.4) is 0 Å². The number of allylic oxidation sites excluding steroid dienone is 1. The van der Waals surface area contributed by atoms with Crippen molar-refractivity contribution in [3.05, 3.63) is 65.5 Å². The molecule has 0 aliphatic carbocycles. The fourth-order valence-electron chi connectivity index (χ4n) is 4.27. The number of sulfonamides is 1. The molecule has 9 heteroatoms. The van der Waals surface area contributed by atoms with E-state index in [4.69, 9.17) is 4.74 Å². The van der Waals surface area contributed by atoms with Crippen LogP contribution >= 0.6 is 11.3 Å². The number of hydrogen-bond acceptors (Lipinski definition) is 5. The molecule has 0 unspecified atom stereocenters. The van der Waals surface area contributed by atoms with Gasteiger partial charge in [-0.25, -0.2) is 8.42 Å². The minimum Gasteiger partial charge on any atom is -0.497 e. The number of thiazole rings is 1. The van der Waals surface area contributed by atoms with Crippen molar-refractivity contribution in [2.75, 3.05) is 20.2 Å². The van der Waals surface area contributed by atoms with Crippen LogP contribution in [0.25, 0.3) is 10.2 Å². The number of benzene rings is 2. The smallest absolute Gasteiger partial charge is 0.251 e. The van der Waals surface area contributed by atoms with Gasteiger partial charge in [0, 0.05) is 25.6 Å². The molecule has 186 valence electrons. The van der Waals surface area contributed by atoms with Crippen LogP contribution in [0.15, 0.2) is 65.0 Å². The fourth-order valence-corrected chi connectivity index (χ4v) is 6.83. The van der Waals surface area contributed by atoms with E-state index in [1.54, 1.807) is 30.3 Å². The number of aromatic nitrogens is 1. The summed E-state index contributed by atoms with van der Waals surface area (Å²) in [6, 6.07) is 12.7. The van der Waals surface area contributed by atoms with Crippen molar-refractivity contribution in [3.8, 4) is 5.75 Å². The van der Waals surface area contributed by atoms with E-state index in [1.165, 1.54) is 28.3 Å². The Morgan fingerprint density at radius 2 is 1.89 bits per heavy atom. The number of carbonyl (C=O) groups excluding carboxylic acids is 1. The molecular formula is C26H31N3O4S2. The van der Waals surface area contributed by atoms with Gasteiger partial charge in [-0.05, 0) is 60.7 Å². The number of carbonyl (C=O) groups is 1. The summed E-state index contributed by atoms with van der Waals surface area (Å²) in [4.78, 5) is 18.5. The Labute approximate surface area is 210 Å². The molecule has 2 heterocycles. The number of hydrogen-bond donors (Lipinski definition) is 0. The number of amides is 1. The minimum atomic E-state index is -3.61. The second-order valence-electron chi connectivity index (χ2n) is 8.97. The standard InChI is InChI=1S/C26H31N3O4S2/c1-5-14-29-23-11-6-20(18(2)3)17-24(23)34-26(29)27-25(30)19-12-15-28(16-13-19)35(31,32)22-9-7-21(33-4)8-10-22/h5-11,17-19H,1,12-16H2,2-4H3. The molecule has 1 saturated heterocycles. The third-order valence-corrected chi connectivity index (χ3v) is 9.35. The Balaban J connectivity index is 1.52. The van der Waals surface area contributed by atoms with Crippen LogP contribution < -0.4 is 9.54 Å². The quantitative estimate of drug-likeness (QED) is 0.434. The SMILES string of the molecule is C=CCn1c(=NC(=O)C2CCN(S(=O)(=O)c3ccc(OC)cc3)CC2)sc2cc(C(C)C)ccc21. The molecule has 4 rings (SSSR count). The van der Waals surface area contributed by atoms with Crippen molar-refractivity contribution in [1.29, 1.82) is 0 Å². The monoisotopic (exact) mass is 513 g/mol. The van der Waals surface area contributed by atoms with Crippen LogP contribution in [0.1, 0.15) is 38.2 Å². The van der Waals surface area contributed by atoms with Gasteiger partial charge >= 0.3 is 0 Å². The highest BCUT2D eigenvalue weighted by molar-refractivity contribution is 7.89. The van der Waals surface area contributed by atoms with Gasteiger partial charge in [0.1, 0.15) is 5.75 Å². The van der Waals surface area contributed by atoms with E-state index >= 15 is 0 Å². The minimum absolute atomic E-state index is 0.194. The van der Waals surface area contributed by atoms with Gasteiger partial charge in [0.25, 0.3) is 5.91 Å². The topological polar surface area (TPSA) is 81.0 Å². The van der Waals surface area contributed by atoms with Crippen molar-refractivity contribution >= 4 is 37.5 Å². The molecule has 0 saturated carbocycles. The second kappa shape index (κ2) is 10.5. The maximum Gasteiger partial charge on any atom is 0.251 e. The second-order valence-corrected chi connectivity index (χ2v) is 11.9. The summed E-state index contributed by atoms with van der Waals surface area (Å²) in [7, 11) is -2.08. The van der Waals surface area contributed by atoms with Crippen LogP contribution in [-0.2, 0) is 21.4 Å². The summed E-state index contributed by atoms with van der Waals surface area (Å²) in [6.45, 7) is 9.30. The summed E-state index contributed by atoms with van der Waals surface area (Å²) in [5, 5.41) is 0. The van der Waals surface area contributed by atoms with Crippen LogP contribution in [0.2, 0.25) is 0 Å². The van der Waals surface area contributed by atoms with E-state index in [1.807, 2.05) is 4.57 Å². The Bertz CT molecular complexity index is 1390. The van der Waals surface area contributed by atoms with Crippen molar-refractivity contribution < 1.29 is 17.9 Å². The molecule has 1 aromatic heterocycles.